The van der Waals surface area contributed by atoms with Gasteiger partial charge < -0.3 is 15.1 Å². The molecule has 1 aliphatic heterocycles. The number of nitrogens with zero attached hydrogens (tertiary/aromatic N) is 3. The molecule has 1 unspecified atom stereocenters. The Balaban J connectivity index is 1.82. The number of rotatable bonds is 3. The molecule has 1 fully saturated rings. The third-order valence-electron chi connectivity index (χ3n) is 3.57. The molecule has 1 aliphatic rings. The second-order valence-corrected chi connectivity index (χ2v) is 7.27. The van der Waals surface area contributed by atoms with E-state index in [1.165, 1.54) is 11.3 Å². The van der Waals surface area contributed by atoms with Crippen LogP contribution in [0.4, 0.5) is 5.13 Å². The molecule has 20 heavy (non-hydrogen) atoms. The minimum absolute atomic E-state index is 0.111. The van der Waals surface area contributed by atoms with Crippen molar-refractivity contribution >= 4 is 43.2 Å². The summed E-state index contributed by atoms with van der Waals surface area (Å²) >= 11 is 3.12. The number of thiazole rings is 1. The number of aromatic nitrogens is 1. The van der Waals surface area contributed by atoms with Gasteiger partial charge in [0.1, 0.15) is 4.83 Å². The van der Waals surface area contributed by atoms with E-state index in [9.17, 15) is 4.79 Å². The lowest BCUT2D eigenvalue weighted by atomic mass is 10.2. The second kappa shape index (κ2) is 5.31. The number of anilines is 1. The molecule has 1 amide bonds. The first-order valence-corrected chi connectivity index (χ1v) is 8.25. The van der Waals surface area contributed by atoms with E-state index in [0.717, 1.165) is 39.0 Å². The van der Waals surface area contributed by atoms with Gasteiger partial charge in [0.05, 0.1) is 9.58 Å². The highest BCUT2D eigenvalue weighted by atomic mass is 32.1. The van der Waals surface area contributed by atoms with Gasteiger partial charge in [0.2, 0.25) is 0 Å². The van der Waals surface area contributed by atoms with Gasteiger partial charge in [0, 0.05) is 33.7 Å². The number of nitrogens with one attached hydrogen (secondary N) is 1. The maximum absolute atomic E-state index is 12.5. The van der Waals surface area contributed by atoms with Crippen molar-refractivity contribution in [2.75, 3.05) is 39.1 Å². The molecule has 0 spiro atoms. The fourth-order valence-corrected chi connectivity index (χ4v) is 4.45. The average molecular weight is 310 g/mol. The number of hydrogen-bond donors (Lipinski definition) is 1. The molecule has 1 N–H and O–H groups in total. The van der Waals surface area contributed by atoms with Crippen molar-refractivity contribution in [3.63, 3.8) is 0 Å². The number of carbonyl (C=O) groups excluding carboxylic acids is 1. The molecule has 0 radical (unpaired) electrons. The van der Waals surface area contributed by atoms with Crippen LogP contribution in [-0.2, 0) is 0 Å². The number of fused-ring (bicyclic) bond motifs is 1. The molecular formula is C13H18N4OS2. The summed E-state index contributed by atoms with van der Waals surface area (Å²) in [5, 5.41) is 4.28. The van der Waals surface area contributed by atoms with E-state index < -0.39 is 0 Å². The number of amides is 1. The van der Waals surface area contributed by atoms with E-state index in [2.05, 4.69) is 10.3 Å². The van der Waals surface area contributed by atoms with Gasteiger partial charge in [-0.2, -0.15) is 0 Å². The van der Waals surface area contributed by atoms with E-state index in [1.54, 1.807) is 11.3 Å². The first-order chi connectivity index (χ1) is 9.56. The van der Waals surface area contributed by atoms with Gasteiger partial charge in [0.25, 0.3) is 5.91 Å². The molecule has 3 heterocycles. The summed E-state index contributed by atoms with van der Waals surface area (Å²) in [7, 11) is 5.86. The molecule has 2 aromatic heterocycles. The lowest BCUT2D eigenvalue weighted by Gasteiger charge is -2.22. The van der Waals surface area contributed by atoms with Crippen LogP contribution in [0, 0.1) is 0 Å². The topological polar surface area (TPSA) is 48.5 Å². The molecule has 5 nitrogen and oxygen atoms in total. The van der Waals surface area contributed by atoms with Crippen LogP contribution in [0.3, 0.4) is 0 Å². The quantitative estimate of drug-likeness (QED) is 0.940. The van der Waals surface area contributed by atoms with Crippen LogP contribution >= 0.6 is 22.7 Å². The van der Waals surface area contributed by atoms with Crippen LogP contribution in [0.2, 0.25) is 0 Å². The van der Waals surface area contributed by atoms with Crippen molar-refractivity contribution in [3.05, 3.63) is 10.9 Å². The van der Waals surface area contributed by atoms with E-state index in [0.29, 0.717) is 6.04 Å². The molecule has 0 saturated carbocycles. The fraction of sp³-hybridized carbons (Fsp3) is 0.538. The number of hydrogen-bond acceptors (Lipinski definition) is 6. The third kappa shape index (κ3) is 2.41. The Hall–Kier alpha value is -1.18. The standard InChI is InChI=1S/C13H18N4OS2/c1-16(2)13-15-11-9(20-13)6-10(19-11)12(18)17(3)8-4-5-14-7-8/h6,8,14H,4-5,7H2,1-3H3. The van der Waals surface area contributed by atoms with Gasteiger partial charge in [-0.3, -0.25) is 4.79 Å². The Morgan fingerprint density at radius 2 is 2.20 bits per heavy atom. The Bertz CT molecular complexity index is 596. The zero-order chi connectivity index (χ0) is 14.3. The molecule has 7 heteroatoms. The van der Waals surface area contributed by atoms with Crippen molar-refractivity contribution in [1.82, 2.24) is 15.2 Å². The first-order valence-electron chi connectivity index (χ1n) is 6.62. The molecule has 3 rings (SSSR count). The van der Waals surface area contributed by atoms with Crippen LogP contribution < -0.4 is 10.2 Å². The van der Waals surface area contributed by atoms with Gasteiger partial charge in [-0.25, -0.2) is 4.98 Å². The summed E-state index contributed by atoms with van der Waals surface area (Å²) in [5.74, 6) is 0.111. The molecular weight excluding hydrogens is 292 g/mol. The summed E-state index contributed by atoms with van der Waals surface area (Å²) in [5.41, 5.74) is 0. The molecule has 0 aliphatic carbocycles. The highest BCUT2D eigenvalue weighted by Gasteiger charge is 2.25. The predicted molar refractivity (Wildman–Crippen MR) is 85.2 cm³/mol. The van der Waals surface area contributed by atoms with Crippen molar-refractivity contribution in [1.29, 1.82) is 0 Å². The van der Waals surface area contributed by atoms with Crippen LogP contribution in [0.25, 0.3) is 9.53 Å². The summed E-state index contributed by atoms with van der Waals surface area (Å²) in [4.78, 5) is 22.7. The normalized spacial score (nSPS) is 18.6. The summed E-state index contributed by atoms with van der Waals surface area (Å²) in [6.45, 7) is 1.89. The van der Waals surface area contributed by atoms with E-state index in [4.69, 9.17) is 0 Å². The Kier molecular flexibility index (Phi) is 3.66. The van der Waals surface area contributed by atoms with Gasteiger partial charge in [-0.15, -0.1) is 11.3 Å². The third-order valence-corrected chi connectivity index (χ3v) is 5.89. The van der Waals surface area contributed by atoms with Crippen LogP contribution in [0.5, 0.6) is 0 Å². The maximum atomic E-state index is 12.5. The van der Waals surface area contributed by atoms with Gasteiger partial charge in [-0.1, -0.05) is 11.3 Å². The van der Waals surface area contributed by atoms with E-state index in [-0.39, 0.29) is 5.91 Å². The first kappa shape index (κ1) is 13.8. The number of likely N-dealkylation sites (N-methyl/N-ethyl adjacent to an activating group) is 1. The lowest BCUT2D eigenvalue weighted by molar-refractivity contribution is 0.0749. The Morgan fingerprint density at radius 3 is 2.80 bits per heavy atom. The minimum Gasteiger partial charge on any atom is -0.354 e. The number of carbonyl (C=O) groups is 1. The SMILES string of the molecule is CN(C)c1nc2sc(C(=O)N(C)C3CCNC3)cc2s1. The molecule has 108 valence electrons. The largest absolute Gasteiger partial charge is 0.354 e. The highest BCUT2D eigenvalue weighted by molar-refractivity contribution is 7.29. The molecule has 2 aromatic rings. The van der Waals surface area contributed by atoms with Crippen molar-refractivity contribution in [3.8, 4) is 0 Å². The summed E-state index contributed by atoms with van der Waals surface area (Å²) < 4.78 is 1.10. The minimum atomic E-state index is 0.111. The summed E-state index contributed by atoms with van der Waals surface area (Å²) in [6.07, 6.45) is 1.03. The molecule has 1 atom stereocenters. The summed E-state index contributed by atoms with van der Waals surface area (Å²) in [6, 6.07) is 2.29. The van der Waals surface area contributed by atoms with Gasteiger partial charge in [0.15, 0.2) is 5.13 Å². The number of thiophene rings is 1. The van der Waals surface area contributed by atoms with Crippen LogP contribution in [-0.4, -0.2) is 56.1 Å². The van der Waals surface area contributed by atoms with Crippen molar-refractivity contribution in [2.45, 2.75) is 12.5 Å². The fourth-order valence-electron chi connectivity index (χ4n) is 2.33. The van der Waals surface area contributed by atoms with E-state index in [1.807, 2.05) is 37.0 Å². The van der Waals surface area contributed by atoms with Crippen molar-refractivity contribution in [2.24, 2.45) is 0 Å². The van der Waals surface area contributed by atoms with Gasteiger partial charge >= 0.3 is 0 Å². The molecule has 0 aromatic carbocycles. The molecule has 0 bridgehead atoms. The Labute approximate surface area is 126 Å². The van der Waals surface area contributed by atoms with Crippen molar-refractivity contribution < 1.29 is 4.79 Å². The maximum Gasteiger partial charge on any atom is 0.264 e. The Morgan fingerprint density at radius 1 is 1.40 bits per heavy atom. The van der Waals surface area contributed by atoms with Gasteiger partial charge in [-0.05, 0) is 19.0 Å². The predicted octanol–water partition coefficient (Wildman–Crippen LogP) is 1.86. The van der Waals surface area contributed by atoms with Crippen LogP contribution in [0.1, 0.15) is 16.1 Å². The smallest absolute Gasteiger partial charge is 0.264 e. The second-order valence-electron chi connectivity index (χ2n) is 5.23. The van der Waals surface area contributed by atoms with Crippen LogP contribution in [0.15, 0.2) is 6.07 Å². The zero-order valence-electron chi connectivity index (χ0n) is 11.8. The highest BCUT2D eigenvalue weighted by Crippen LogP contribution is 2.34. The molecule has 1 saturated heterocycles. The van der Waals surface area contributed by atoms with E-state index >= 15 is 0 Å². The zero-order valence-corrected chi connectivity index (χ0v) is 13.5. The lowest BCUT2D eigenvalue weighted by Crippen LogP contribution is -2.37. The monoisotopic (exact) mass is 310 g/mol. The average Bonchev–Trinajstić information content (AvgIpc) is 3.11.